The van der Waals surface area contributed by atoms with Gasteiger partial charge in [0, 0.05) is 50.2 Å². The number of nitrogens with zero attached hydrogens (tertiary/aromatic N) is 5. The minimum Gasteiger partial charge on any atom is -0.337 e. The summed E-state index contributed by atoms with van der Waals surface area (Å²) in [5, 5.41) is 11.5. The normalized spacial score (nSPS) is 14.3. The number of nitro groups is 1. The van der Waals surface area contributed by atoms with Gasteiger partial charge in [0.05, 0.1) is 14.3 Å². The van der Waals surface area contributed by atoms with E-state index in [0.717, 1.165) is 16.6 Å². The summed E-state index contributed by atoms with van der Waals surface area (Å²) in [6.07, 6.45) is 4.37. The average Bonchev–Trinajstić information content (AvgIpc) is 2.74. The molecule has 1 amide bonds. The van der Waals surface area contributed by atoms with E-state index in [-0.39, 0.29) is 11.6 Å². The third-order valence-corrected chi connectivity index (χ3v) is 6.32. The number of benzene rings is 1. The lowest BCUT2D eigenvalue weighted by molar-refractivity contribution is -0.387. The summed E-state index contributed by atoms with van der Waals surface area (Å²) in [5.41, 5.74) is 0.347. The van der Waals surface area contributed by atoms with Crippen LogP contribution in [-0.4, -0.2) is 57.6 Å². The van der Waals surface area contributed by atoms with Crippen LogP contribution < -0.4 is 4.90 Å². The Hall–Kier alpha value is -2.20. The van der Waals surface area contributed by atoms with Gasteiger partial charge in [0.1, 0.15) is 0 Å². The van der Waals surface area contributed by atoms with Crippen LogP contribution in [0.4, 0.5) is 11.6 Å². The minimum absolute atomic E-state index is 0.00324. The molecule has 0 atom stereocenters. The molecule has 0 spiro atoms. The quantitative estimate of drug-likeness (QED) is 0.323. The number of aromatic nitrogens is 2. The number of nitro benzene ring substituents is 1. The maximum atomic E-state index is 12.9. The molecule has 1 aliphatic rings. The predicted octanol–water partition coefficient (Wildman–Crippen LogP) is 4.25. The van der Waals surface area contributed by atoms with Crippen molar-refractivity contribution in [1.29, 1.82) is 0 Å². The summed E-state index contributed by atoms with van der Waals surface area (Å²) in [5.74, 6) is 1.79. The molecule has 30 heavy (non-hydrogen) atoms. The Labute approximate surface area is 188 Å². The summed E-state index contributed by atoms with van der Waals surface area (Å²) >= 11 is 4.79. The molecule has 1 fully saturated rings. The van der Waals surface area contributed by atoms with E-state index in [1.165, 1.54) is 17.8 Å². The zero-order chi connectivity index (χ0) is 21.7. The van der Waals surface area contributed by atoms with E-state index in [9.17, 15) is 14.9 Å². The van der Waals surface area contributed by atoms with Crippen molar-refractivity contribution in [3.8, 4) is 0 Å². The number of amides is 1. The summed E-state index contributed by atoms with van der Waals surface area (Å²) in [7, 11) is 0. The zero-order valence-electron chi connectivity index (χ0n) is 17.0. The van der Waals surface area contributed by atoms with E-state index in [1.807, 2.05) is 4.90 Å². The molecule has 0 saturated carbocycles. The third-order valence-electron chi connectivity index (χ3n) is 4.81. The number of carbonyl (C=O) groups is 1. The highest BCUT2D eigenvalue weighted by Gasteiger charge is 2.25. The number of hydrogen-bond acceptors (Lipinski definition) is 7. The largest absolute Gasteiger partial charge is 0.337 e. The maximum absolute atomic E-state index is 12.9. The lowest BCUT2D eigenvalue weighted by Crippen LogP contribution is -2.49. The first kappa shape index (κ1) is 22.5. The van der Waals surface area contributed by atoms with Crippen molar-refractivity contribution >= 4 is 45.2 Å². The lowest BCUT2D eigenvalue weighted by Gasteiger charge is -2.34. The van der Waals surface area contributed by atoms with Crippen LogP contribution in [0.2, 0.25) is 0 Å². The topological polar surface area (TPSA) is 92.5 Å². The van der Waals surface area contributed by atoms with Gasteiger partial charge in [-0.1, -0.05) is 13.8 Å². The van der Waals surface area contributed by atoms with Gasteiger partial charge in [-0.15, -0.1) is 11.8 Å². The van der Waals surface area contributed by atoms with Gasteiger partial charge >= 0.3 is 0 Å². The van der Waals surface area contributed by atoms with E-state index >= 15 is 0 Å². The Kier molecular flexibility index (Phi) is 7.65. The highest BCUT2D eigenvalue weighted by Crippen LogP contribution is 2.31. The molecular weight excluding hydrogens is 470 g/mol. The second-order valence-electron chi connectivity index (χ2n) is 7.45. The zero-order valence-corrected chi connectivity index (χ0v) is 19.4. The molecule has 1 saturated heterocycles. The predicted molar refractivity (Wildman–Crippen MR) is 121 cm³/mol. The number of halogens is 1. The molecule has 3 rings (SSSR count). The summed E-state index contributed by atoms with van der Waals surface area (Å²) < 4.78 is 0.812. The molecule has 1 aromatic heterocycles. The molecule has 8 nitrogen and oxygen atoms in total. The molecular formula is C20H24BrN5O3S. The second-order valence-corrected chi connectivity index (χ2v) is 9.50. The highest BCUT2D eigenvalue weighted by molar-refractivity contribution is 9.10. The van der Waals surface area contributed by atoms with Crippen LogP contribution in [0.3, 0.4) is 0 Å². The third kappa shape index (κ3) is 5.69. The summed E-state index contributed by atoms with van der Waals surface area (Å²) in [6, 6.07) is 4.80. The second kappa shape index (κ2) is 10.2. The molecule has 1 aromatic carbocycles. The lowest BCUT2D eigenvalue weighted by atomic mass is 10.1. The Morgan fingerprint density at radius 2 is 1.90 bits per heavy atom. The van der Waals surface area contributed by atoms with Crippen LogP contribution in [0.25, 0.3) is 0 Å². The number of rotatable bonds is 7. The molecule has 0 N–H and O–H groups in total. The highest BCUT2D eigenvalue weighted by atomic mass is 79.9. The van der Waals surface area contributed by atoms with Crippen LogP contribution in [0.15, 0.2) is 40.0 Å². The fraction of sp³-hybridized carbons (Fsp3) is 0.450. The van der Waals surface area contributed by atoms with Gasteiger partial charge < -0.3 is 9.80 Å². The van der Waals surface area contributed by atoms with E-state index in [4.69, 9.17) is 0 Å². The Balaban J connectivity index is 1.65. The smallest absolute Gasteiger partial charge is 0.283 e. The van der Waals surface area contributed by atoms with E-state index in [1.54, 1.807) is 29.4 Å². The molecule has 160 valence electrons. The van der Waals surface area contributed by atoms with Crippen molar-refractivity contribution in [1.82, 2.24) is 14.9 Å². The van der Waals surface area contributed by atoms with Gasteiger partial charge in [0.25, 0.3) is 11.6 Å². The summed E-state index contributed by atoms with van der Waals surface area (Å²) in [6.45, 7) is 6.49. The molecule has 0 aliphatic carbocycles. The van der Waals surface area contributed by atoms with Crippen molar-refractivity contribution in [3.05, 3.63) is 50.7 Å². The van der Waals surface area contributed by atoms with Gasteiger partial charge in [0.2, 0.25) is 5.95 Å². The van der Waals surface area contributed by atoms with Crippen molar-refractivity contribution in [2.45, 2.75) is 25.2 Å². The van der Waals surface area contributed by atoms with Gasteiger partial charge in [0.15, 0.2) is 0 Å². The van der Waals surface area contributed by atoms with Crippen LogP contribution in [0.1, 0.15) is 30.6 Å². The van der Waals surface area contributed by atoms with Crippen molar-refractivity contribution in [2.75, 3.05) is 36.8 Å². The van der Waals surface area contributed by atoms with Crippen LogP contribution in [0.5, 0.6) is 0 Å². The molecule has 10 heteroatoms. The van der Waals surface area contributed by atoms with Crippen LogP contribution in [-0.2, 0) is 0 Å². The van der Waals surface area contributed by atoms with Gasteiger partial charge in [-0.3, -0.25) is 14.9 Å². The summed E-state index contributed by atoms with van der Waals surface area (Å²) in [4.78, 5) is 37.0. The minimum atomic E-state index is -0.405. The number of hydrogen-bond donors (Lipinski definition) is 0. The van der Waals surface area contributed by atoms with Crippen LogP contribution >= 0.6 is 27.7 Å². The van der Waals surface area contributed by atoms with Crippen molar-refractivity contribution in [2.24, 2.45) is 5.92 Å². The number of piperazine rings is 1. The first-order valence-corrected chi connectivity index (χ1v) is 11.6. The first-order chi connectivity index (χ1) is 14.3. The number of anilines is 1. The Morgan fingerprint density at radius 1 is 1.23 bits per heavy atom. The van der Waals surface area contributed by atoms with Crippen molar-refractivity contribution < 1.29 is 9.72 Å². The molecule has 0 unspecified atom stereocenters. The van der Waals surface area contributed by atoms with Crippen LogP contribution in [0, 0.1) is 16.0 Å². The molecule has 2 heterocycles. The van der Waals surface area contributed by atoms with Gasteiger partial charge in [-0.25, -0.2) is 9.97 Å². The van der Waals surface area contributed by atoms with Gasteiger partial charge in [-0.2, -0.15) is 0 Å². The van der Waals surface area contributed by atoms with Gasteiger partial charge in [-0.05, 0) is 46.2 Å². The van der Waals surface area contributed by atoms with E-state index in [0.29, 0.717) is 48.5 Å². The Bertz CT molecular complexity index is 902. The van der Waals surface area contributed by atoms with E-state index < -0.39 is 4.92 Å². The molecule has 2 aromatic rings. The Morgan fingerprint density at radius 3 is 2.50 bits per heavy atom. The number of carbonyl (C=O) groups excluding carboxylic acids is 1. The maximum Gasteiger partial charge on any atom is 0.283 e. The molecule has 0 radical (unpaired) electrons. The average molecular weight is 494 g/mol. The molecule has 0 bridgehead atoms. The first-order valence-electron chi connectivity index (χ1n) is 9.78. The SMILES string of the molecule is CC(C)CCSc1ccc(C(=O)N2CCN(c3ncc(Br)cn3)CC2)cc1[N+](=O)[O-]. The monoisotopic (exact) mass is 493 g/mol. The van der Waals surface area contributed by atoms with E-state index in [2.05, 4.69) is 39.7 Å². The fourth-order valence-corrected chi connectivity index (χ4v) is 4.54. The number of thioether (sulfide) groups is 1. The standard InChI is InChI=1S/C20H24BrN5O3S/c1-14(2)5-10-30-18-4-3-15(11-17(18)26(28)29)19(27)24-6-8-25(9-7-24)20-22-12-16(21)13-23-20/h3-4,11-14H,5-10H2,1-2H3. The molecule has 1 aliphatic heterocycles. The fourth-order valence-electron chi connectivity index (χ4n) is 3.08. The van der Waals surface area contributed by atoms with Crippen molar-refractivity contribution in [3.63, 3.8) is 0 Å².